The minimum absolute atomic E-state index is 0.217. The lowest BCUT2D eigenvalue weighted by atomic mass is 9.78. The number of carboxylic acids is 1. The van der Waals surface area contributed by atoms with Crippen molar-refractivity contribution in [2.24, 2.45) is 16.3 Å². The van der Waals surface area contributed by atoms with Crippen LogP contribution in [0.3, 0.4) is 0 Å². The van der Waals surface area contributed by atoms with E-state index in [-0.39, 0.29) is 11.3 Å². The molecule has 1 atom stereocenters. The predicted molar refractivity (Wildman–Crippen MR) is 56.4 cm³/mol. The molecule has 0 amide bonds. The molecule has 0 fully saturated rings. The van der Waals surface area contributed by atoms with Crippen molar-refractivity contribution in [2.45, 2.75) is 33.6 Å². The maximum absolute atomic E-state index is 11.1. The van der Waals surface area contributed by atoms with Crippen LogP contribution >= 0.6 is 0 Å². The zero-order valence-corrected chi connectivity index (χ0v) is 8.95. The fourth-order valence-corrected chi connectivity index (χ4v) is 1.52. The van der Waals surface area contributed by atoms with Crippen molar-refractivity contribution in [3.63, 3.8) is 0 Å². The minimum atomic E-state index is -0.736. The monoisotopic (exact) mass is 195 g/mol. The van der Waals surface area contributed by atoms with Gasteiger partial charge in [0.25, 0.3) is 0 Å². The molecule has 1 aliphatic rings. The molecule has 0 bridgehead atoms. The zero-order chi connectivity index (χ0) is 10.8. The Kier molecular flexibility index (Phi) is 3.09. The first-order chi connectivity index (χ1) is 6.41. The van der Waals surface area contributed by atoms with Gasteiger partial charge in [-0.3, -0.25) is 9.79 Å². The van der Waals surface area contributed by atoms with Gasteiger partial charge in [-0.2, -0.15) is 0 Å². The molecule has 0 spiro atoms. The molecule has 0 saturated heterocycles. The molecule has 0 aromatic carbocycles. The summed E-state index contributed by atoms with van der Waals surface area (Å²) in [5, 5.41) is 9.09. The maximum Gasteiger partial charge on any atom is 0.307 e. The van der Waals surface area contributed by atoms with Gasteiger partial charge in [0, 0.05) is 24.8 Å². The molecule has 14 heavy (non-hydrogen) atoms. The molecule has 0 aromatic rings. The number of rotatable bonds is 3. The molecule has 1 heterocycles. The van der Waals surface area contributed by atoms with Crippen LogP contribution in [0.4, 0.5) is 0 Å². The average Bonchev–Trinajstić information content (AvgIpc) is 2.48. The third-order valence-corrected chi connectivity index (χ3v) is 2.47. The molecule has 1 aliphatic heterocycles. The number of aliphatic imine (C=N–C) groups is 1. The summed E-state index contributed by atoms with van der Waals surface area (Å²) in [4.78, 5) is 15.2. The highest BCUT2D eigenvalue weighted by Gasteiger charge is 2.31. The van der Waals surface area contributed by atoms with Crippen LogP contribution in [0.1, 0.15) is 33.6 Å². The second-order valence-electron chi connectivity index (χ2n) is 4.70. The van der Waals surface area contributed by atoms with Crippen LogP contribution in [0.5, 0.6) is 0 Å². The van der Waals surface area contributed by atoms with Gasteiger partial charge in [0.05, 0.1) is 5.92 Å². The van der Waals surface area contributed by atoms with Gasteiger partial charge in [-0.05, 0) is 5.41 Å². The Labute approximate surface area is 84.5 Å². The number of allylic oxidation sites excluding steroid dienone is 2. The van der Waals surface area contributed by atoms with Crippen molar-refractivity contribution in [1.82, 2.24) is 0 Å². The van der Waals surface area contributed by atoms with Crippen molar-refractivity contribution in [2.75, 3.05) is 0 Å². The van der Waals surface area contributed by atoms with E-state index in [1.54, 1.807) is 0 Å². The Morgan fingerprint density at radius 2 is 2.29 bits per heavy atom. The Hall–Kier alpha value is -1.12. The van der Waals surface area contributed by atoms with E-state index >= 15 is 0 Å². The standard InChI is InChI=1S/C11H17NO2/c1-11(2,3)9(10(13)14)7-8-5-4-6-12-8/h5-6,9H,4,7H2,1-3H3,(H,13,14). The van der Waals surface area contributed by atoms with E-state index in [1.165, 1.54) is 0 Å². The first-order valence-electron chi connectivity index (χ1n) is 4.85. The molecular weight excluding hydrogens is 178 g/mol. The summed E-state index contributed by atoms with van der Waals surface area (Å²) in [6, 6.07) is 0. The van der Waals surface area contributed by atoms with Gasteiger partial charge in [-0.1, -0.05) is 26.8 Å². The number of carboxylic acid groups (broad SMARTS) is 1. The fourth-order valence-electron chi connectivity index (χ4n) is 1.52. The first kappa shape index (κ1) is 11.0. The van der Waals surface area contributed by atoms with E-state index in [2.05, 4.69) is 4.99 Å². The lowest BCUT2D eigenvalue weighted by Crippen LogP contribution is -2.28. The van der Waals surface area contributed by atoms with Gasteiger partial charge in [0.2, 0.25) is 0 Å². The zero-order valence-electron chi connectivity index (χ0n) is 8.95. The molecule has 1 N–H and O–H groups in total. The van der Waals surface area contributed by atoms with E-state index < -0.39 is 5.97 Å². The fraction of sp³-hybridized carbons (Fsp3) is 0.636. The minimum Gasteiger partial charge on any atom is -0.481 e. The molecule has 1 rings (SSSR count). The Morgan fingerprint density at radius 1 is 1.64 bits per heavy atom. The highest BCUT2D eigenvalue weighted by Crippen LogP contribution is 2.32. The van der Waals surface area contributed by atoms with Crippen LogP contribution in [0.15, 0.2) is 16.8 Å². The Balaban J connectivity index is 2.70. The molecule has 0 saturated carbocycles. The largest absolute Gasteiger partial charge is 0.481 e. The smallest absolute Gasteiger partial charge is 0.307 e. The van der Waals surface area contributed by atoms with E-state index in [0.717, 1.165) is 12.1 Å². The lowest BCUT2D eigenvalue weighted by molar-refractivity contribution is -0.145. The number of hydrogen-bond acceptors (Lipinski definition) is 2. The third kappa shape index (κ3) is 2.69. The van der Waals surface area contributed by atoms with E-state index in [4.69, 9.17) is 5.11 Å². The van der Waals surface area contributed by atoms with E-state index in [1.807, 2.05) is 33.1 Å². The van der Waals surface area contributed by atoms with Crippen molar-refractivity contribution in [1.29, 1.82) is 0 Å². The number of aliphatic carboxylic acids is 1. The molecule has 0 radical (unpaired) electrons. The van der Waals surface area contributed by atoms with Crippen molar-refractivity contribution in [3.05, 3.63) is 11.8 Å². The van der Waals surface area contributed by atoms with Gasteiger partial charge in [-0.25, -0.2) is 0 Å². The summed E-state index contributed by atoms with van der Waals surface area (Å²) in [6.45, 7) is 5.85. The molecular formula is C11H17NO2. The molecule has 1 unspecified atom stereocenters. The summed E-state index contributed by atoms with van der Waals surface area (Å²) >= 11 is 0. The maximum atomic E-state index is 11.1. The quantitative estimate of drug-likeness (QED) is 0.752. The van der Waals surface area contributed by atoms with Crippen LogP contribution in [0.2, 0.25) is 0 Å². The van der Waals surface area contributed by atoms with Crippen molar-refractivity contribution < 1.29 is 9.90 Å². The summed E-state index contributed by atoms with van der Waals surface area (Å²) in [5.74, 6) is -1.09. The third-order valence-electron chi connectivity index (χ3n) is 2.47. The van der Waals surface area contributed by atoms with Gasteiger partial charge in [-0.15, -0.1) is 0 Å². The Bertz CT molecular complexity index is 284. The van der Waals surface area contributed by atoms with Gasteiger partial charge >= 0.3 is 5.97 Å². The van der Waals surface area contributed by atoms with Gasteiger partial charge < -0.3 is 5.11 Å². The van der Waals surface area contributed by atoms with Gasteiger partial charge in [0.15, 0.2) is 0 Å². The number of nitrogens with zero attached hydrogens (tertiary/aromatic N) is 1. The van der Waals surface area contributed by atoms with Crippen molar-refractivity contribution in [3.8, 4) is 0 Å². The van der Waals surface area contributed by atoms with Crippen LogP contribution in [-0.2, 0) is 4.79 Å². The summed E-state index contributed by atoms with van der Waals surface area (Å²) < 4.78 is 0. The van der Waals surface area contributed by atoms with Crippen LogP contribution in [0, 0.1) is 11.3 Å². The topological polar surface area (TPSA) is 49.7 Å². The molecule has 0 aliphatic carbocycles. The van der Waals surface area contributed by atoms with E-state index in [9.17, 15) is 4.79 Å². The number of hydrogen-bond donors (Lipinski definition) is 1. The number of carbonyl (C=O) groups is 1. The Morgan fingerprint density at radius 3 is 2.64 bits per heavy atom. The highest BCUT2D eigenvalue weighted by atomic mass is 16.4. The SMILES string of the molecule is CC(C)(C)C(CC1=CCC=N1)C(=O)O. The lowest BCUT2D eigenvalue weighted by Gasteiger charge is -2.26. The highest BCUT2D eigenvalue weighted by molar-refractivity contribution is 5.72. The second kappa shape index (κ2) is 3.95. The van der Waals surface area contributed by atoms with Gasteiger partial charge in [0.1, 0.15) is 0 Å². The molecule has 0 aromatic heterocycles. The van der Waals surface area contributed by atoms with Crippen LogP contribution < -0.4 is 0 Å². The first-order valence-corrected chi connectivity index (χ1v) is 4.85. The summed E-state index contributed by atoms with van der Waals surface area (Å²) in [7, 11) is 0. The van der Waals surface area contributed by atoms with Crippen LogP contribution in [-0.4, -0.2) is 17.3 Å². The summed E-state index contributed by atoms with van der Waals surface area (Å²) in [5.41, 5.74) is 0.692. The van der Waals surface area contributed by atoms with E-state index in [0.29, 0.717) is 6.42 Å². The molecule has 3 heteroatoms. The second-order valence-corrected chi connectivity index (χ2v) is 4.70. The normalized spacial score (nSPS) is 18.1. The molecule has 3 nitrogen and oxygen atoms in total. The average molecular weight is 195 g/mol. The predicted octanol–water partition coefficient (Wildman–Crippen LogP) is 2.48. The summed E-state index contributed by atoms with van der Waals surface area (Å²) in [6.07, 6.45) is 5.18. The van der Waals surface area contributed by atoms with Crippen molar-refractivity contribution >= 4 is 12.2 Å². The van der Waals surface area contributed by atoms with Crippen LogP contribution in [0.25, 0.3) is 0 Å². The molecule has 78 valence electrons.